The van der Waals surface area contributed by atoms with Crippen molar-refractivity contribution in [1.82, 2.24) is 19.5 Å². The second-order valence-electron chi connectivity index (χ2n) is 13.2. The van der Waals surface area contributed by atoms with Crippen LogP contribution in [0.4, 0.5) is 0 Å². The molecule has 5 aromatic rings. The van der Waals surface area contributed by atoms with Crippen LogP contribution in [-0.2, 0) is 33.3 Å². The maximum atomic E-state index is 15.0. The van der Waals surface area contributed by atoms with E-state index in [0.29, 0.717) is 0 Å². The molecule has 1 aliphatic heterocycles. The number of benzene rings is 3. The largest absolute Gasteiger partial charge is 0.389 e. The predicted molar refractivity (Wildman–Crippen MR) is 187 cm³/mol. The lowest BCUT2D eigenvalue weighted by Gasteiger charge is -2.46. The van der Waals surface area contributed by atoms with Gasteiger partial charge in [0.25, 0.3) is 24.0 Å². The van der Waals surface area contributed by atoms with Crippen molar-refractivity contribution in [3.05, 3.63) is 114 Å². The van der Waals surface area contributed by atoms with Crippen molar-refractivity contribution in [2.45, 2.75) is 67.9 Å². The molecule has 0 radical (unpaired) electrons. The van der Waals surface area contributed by atoms with E-state index in [1.807, 2.05) is 88.4 Å². The lowest BCUT2D eigenvalue weighted by atomic mass is 10.2. The lowest BCUT2D eigenvalue weighted by molar-refractivity contribution is -0.0474. The number of nitrogens with zero attached hydrogens (tertiary/aromatic N) is 3. The third-order valence-electron chi connectivity index (χ3n) is 8.72. The lowest BCUT2D eigenvalue weighted by Crippen LogP contribution is -2.69. The number of hydrogen-bond donors (Lipinski definition) is 1. The van der Waals surface area contributed by atoms with Crippen molar-refractivity contribution in [1.29, 1.82) is 0 Å². The van der Waals surface area contributed by atoms with E-state index in [4.69, 9.17) is 13.3 Å². The van der Waals surface area contributed by atoms with Gasteiger partial charge in [-0.05, 0) is 34.5 Å². The number of sulfone groups is 1. The quantitative estimate of drug-likeness (QED) is 0.167. The molecule has 0 saturated carbocycles. The Labute approximate surface area is 286 Å². The van der Waals surface area contributed by atoms with Crippen molar-refractivity contribution in [3.63, 3.8) is 0 Å². The Balaban J connectivity index is 1.59. The van der Waals surface area contributed by atoms with Crippen LogP contribution in [0.5, 0.6) is 0 Å². The van der Waals surface area contributed by atoms with Crippen molar-refractivity contribution in [3.8, 4) is 0 Å². The topological polar surface area (TPSA) is 160 Å². The molecule has 1 unspecified atom stereocenters. The summed E-state index contributed by atoms with van der Waals surface area (Å²) in [6.45, 7) is 7.89. The van der Waals surface area contributed by atoms with E-state index in [1.165, 1.54) is 29.4 Å². The molecular weight excluding hydrogens is 685 g/mol. The minimum atomic E-state index is -4.42. The molecule has 2 aromatic heterocycles. The summed E-state index contributed by atoms with van der Waals surface area (Å²) < 4.78 is 76.3. The minimum Gasteiger partial charge on any atom is -0.389 e. The van der Waals surface area contributed by atoms with Gasteiger partial charge in [0.1, 0.15) is 18.4 Å². The molecule has 0 bridgehead atoms. The zero-order valence-corrected chi connectivity index (χ0v) is 30.3. The van der Waals surface area contributed by atoms with Gasteiger partial charge in [-0.2, -0.15) is 8.42 Å². The van der Waals surface area contributed by atoms with Gasteiger partial charge < -0.3 is 14.1 Å². The van der Waals surface area contributed by atoms with Gasteiger partial charge in [0.15, 0.2) is 16.6 Å². The smallest absolute Gasteiger partial charge is 0.278 e. The maximum absolute atomic E-state index is 15.0. The second kappa shape index (κ2) is 13.0. The van der Waals surface area contributed by atoms with E-state index in [1.54, 1.807) is 12.1 Å². The fourth-order valence-electron chi connectivity index (χ4n) is 6.50. The summed E-state index contributed by atoms with van der Waals surface area (Å²) in [7, 11) is -12.1. The first-order chi connectivity index (χ1) is 23.1. The summed E-state index contributed by atoms with van der Waals surface area (Å²) in [6, 6.07) is 25.4. The number of rotatable bonds is 10. The van der Waals surface area contributed by atoms with E-state index in [2.05, 4.69) is 15.0 Å². The molecule has 0 spiro atoms. The van der Waals surface area contributed by atoms with Gasteiger partial charge in [-0.25, -0.2) is 18.4 Å². The van der Waals surface area contributed by atoms with Crippen LogP contribution in [0.3, 0.4) is 0 Å². The number of H-pyrrole nitrogens is 1. The van der Waals surface area contributed by atoms with E-state index in [-0.39, 0.29) is 22.5 Å². The highest BCUT2D eigenvalue weighted by molar-refractivity contribution is 7.92. The van der Waals surface area contributed by atoms with Gasteiger partial charge in [0.2, 0.25) is 9.84 Å². The molecular formula is C34H38N4O8S2Si. The highest BCUT2D eigenvalue weighted by Crippen LogP contribution is 2.43. The number of fused-ring (bicyclic) bond motifs is 1. The number of aromatic nitrogens is 4. The van der Waals surface area contributed by atoms with Crippen molar-refractivity contribution in [2.24, 2.45) is 0 Å². The van der Waals surface area contributed by atoms with E-state index < -0.39 is 62.7 Å². The van der Waals surface area contributed by atoms with E-state index >= 15 is 0 Å². The molecule has 1 aliphatic rings. The van der Waals surface area contributed by atoms with Gasteiger partial charge in [-0.3, -0.25) is 13.5 Å². The number of aromatic amines is 1. The van der Waals surface area contributed by atoms with Crippen LogP contribution in [-0.4, -0.2) is 68.6 Å². The normalized spacial score (nSPS) is 19.7. The van der Waals surface area contributed by atoms with Gasteiger partial charge in [-0.15, -0.1) is 0 Å². The molecule has 1 fully saturated rings. The van der Waals surface area contributed by atoms with Gasteiger partial charge in [0, 0.05) is 6.42 Å². The number of hydrogen-bond acceptors (Lipinski definition) is 10. The molecule has 3 aromatic carbocycles. The van der Waals surface area contributed by atoms with Gasteiger partial charge in [-0.1, -0.05) is 99.1 Å². The fraction of sp³-hybridized carbons (Fsp3) is 0.324. The third kappa shape index (κ3) is 6.66. The Morgan fingerprint density at radius 3 is 2.06 bits per heavy atom. The Bertz CT molecular complexity index is 2180. The second-order valence-corrected chi connectivity index (χ2v) is 21.1. The van der Waals surface area contributed by atoms with Crippen LogP contribution in [0.15, 0.2) is 107 Å². The molecule has 4 atom stereocenters. The summed E-state index contributed by atoms with van der Waals surface area (Å²) in [5.41, 5.74) is -1.14. The van der Waals surface area contributed by atoms with E-state index in [0.717, 1.165) is 22.2 Å². The Morgan fingerprint density at radius 2 is 1.51 bits per heavy atom. The average Bonchev–Trinajstić information content (AvgIpc) is 3.66. The van der Waals surface area contributed by atoms with Crippen LogP contribution in [0.2, 0.25) is 5.04 Å². The predicted octanol–water partition coefficient (Wildman–Crippen LogP) is 3.44. The van der Waals surface area contributed by atoms with Gasteiger partial charge >= 0.3 is 0 Å². The molecule has 258 valence electrons. The molecule has 1 saturated heterocycles. The SMILES string of the molecule is Cc1ccc(S(=O)(=O)C(O[Si](c2ccccc2)(c2ccccc2)C(C)(C)C)[C@H]2O[C@@H](n3cnc4c(=O)[nH]cnc43)C[C@@H]2OS(C)(=O)=O)cc1. The summed E-state index contributed by atoms with van der Waals surface area (Å²) in [5, 5.41) is 0.988. The minimum absolute atomic E-state index is 0.0209. The molecule has 6 rings (SSSR count). The average molecular weight is 723 g/mol. The van der Waals surface area contributed by atoms with Crippen LogP contribution >= 0.6 is 0 Å². The molecule has 49 heavy (non-hydrogen) atoms. The Hall–Kier alpha value is -3.99. The molecule has 3 heterocycles. The summed E-state index contributed by atoms with van der Waals surface area (Å²) in [6.07, 6.45) is -0.399. The van der Waals surface area contributed by atoms with Gasteiger partial charge in [0.05, 0.1) is 23.8 Å². The molecule has 0 amide bonds. The summed E-state index contributed by atoms with van der Waals surface area (Å²) in [4.78, 5) is 23.3. The third-order valence-corrected chi connectivity index (χ3v) is 16.4. The Morgan fingerprint density at radius 1 is 0.918 bits per heavy atom. The Kier molecular flexibility index (Phi) is 9.28. The number of aryl methyl sites for hydroxylation is 1. The summed E-state index contributed by atoms with van der Waals surface area (Å²) >= 11 is 0. The van der Waals surface area contributed by atoms with Crippen LogP contribution in [0.25, 0.3) is 11.2 Å². The number of ether oxygens (including phenoxy) is 1. The maximum Gasteiger partial charge on any atom is 0.278 e. The van der Waals surface area contributed by atoms with Crippen molar-refractivity contribution in [2.75, 3.05) is 6.26 Å². The number of imidazole rings is 1. The highest BCUT2D eigenvalue weighted by atomic mass is 32.2. The van der Waals surface area contributed by atoms with Crippen molar-refractivity contribution >= 4 is 49.8 Å². The van der Waals surface area contributed by atoms with Crippen LogP contribution in [0, 0.1) is 6.92 Å². The summed E-state index contributed by atoms with van der Waals surface area (Å²) in [5.74, 6) is 0. The molecule has 0 aliphatic carbocycles. The fourth-order valence-corrected chi connectivity index (χ4v) is 14.0. The molecule has 1 N–H and O–H groups in total. The monoisotopic (exact) mass is 722 g/mol. The van der Waals surface area contributed by atoms with E-state index in [9.17, 15) is 21.6 Å². The van der Waals surface area contributed by atoms with Crippen LogP contribution < -0.4 is 15.9 Å². The van der Waals surface area contributed by atoms with Crippen LogP contribution in [0.1, 0.15) is 39.0 Å². The standard InChI is InChI=1S/C34H38N4O8S2Si/c1-23-16-18-24(19-17-23)48(42,43)33(46-49(34(2,3)4,25-12-8-6-9-13-25)26-14-10-7-11-15-26)30-27(45-47(5,40)41)20-28(44-30)38-22-37-29-31(38)35-21-36-32(29)39/h6-19,21-22,27-28,30,33H,20H2,1-5H3,(H,35,36,39)/t27-,28+,30-,33?/m0/s1. The first kappa shape index (κ1) is 34.9. The number of nitrogens with one attached hydrogen (secondary N) is 1. The molecule has 15 heteroatoms. The molecule has 12 nitrogen and oxygen atoms in total. The zero-order chi connectivity index (χ0) is 35.2. The zero-order valence-electron chi connectivity index (χ0n) is 27.7. The van der Waals surface area contributed by atoms with Crippen molar-refractivity contribution < 1.29 is 30.2 Å². The first-order valence-corrected chi connectivity index (χ1v) is 20.9. The first-order valence-electron chi connectivity index (χ1n) is 15.7. The highest BCUT2D eigenvalue weighted by Gasteiger charge is 2.57.